The van der Waals surface area contributed by atoms with Crippen molar-refractivity contribution in [2.45, 2.75) is 18.4 Å². The Hall–Kier alpha value is -3.13. The third-order valence-corrected chi connectivity index (χ3v) is 6.51. The van der Waals surface area contributed by atoms with Crippen molar-refractivity contribution in [3.05, 3.63) is 83.4 Å². The molecule has 0 fully saturated rings. The number of aryl methyl sites for hydroxylation is 1. The molecule has 0 bridgehead atoms. The minimum Gasteiger partial charge on any atom is -0.493 e. The smallest absolute Gasteiger partial charge is 0.264 e. The van der Waals surface area contributed by atoms with E-state index >= 15 is 0 Å². The van der Waals surface area contributed by atoms with E-state index in [1.54, 1.807) is 18.2 Å². The van der Waals surface area contributed by atoms with E-state index in [1.165, 1.54) is 45.4 Å². The Kier molecular flexibility index (Phi) is 6.26. The van der Waals surface area contributed by atoms with Crippen LogP contribution in [0.25, 0.3) is 0 Å². The summed E-state index contributed by atoms with van der Waals surface area (Å²) >= 11 is 0. The maximum Gasteiger partial charge on any atom is 0.264 e. The number of rotatable bonds is 7. The molecule has 0 aliphatic rings. The molecule has 5 nitrogen and oxygen atoms in total. The monoisotopic (exact) mass is 433 g/mol. The van der Waals surface area contributed by atoms with Crippen LogP contribution < -0.4 is 13.8 Å². The van der Waals surface area contributed by atoms with Crippen molar-refractivity contribution in [1.82, 2.24) is 0 Å². The lowest BCUT2D eigenvalue weighted by molar-refractivity contribution is 0.354. The topological polar surface area (TPSA) is 55.8 Å². The molecular weight excluding hydrogens is 412 g/mol. The van der Waals surface area contributed by atoms with Gasteiger partial charge in [0.15, 0.2) is 11.5 Å². The van der Waals surface area contributed by atoms with Crippen molar-refractivity contribution >= 4 is 15.7 Å². The molecule has 0 heterocycles. The summed E-state index contributed by atoms with van der Waals surface area (Å²) in [5.74, 6) is -0.181. The summed E-state index contributed by atoms with van der Waals surface area (Å²) in [6.45, 7) is 1.42. The highest BCUT2D eigenvalue weighted by atomic mass is 32.2. The largest absolute Gasteiger partial charge is 0.493 e. The summed E-state index contributed by atoms with van der Waals surface area (Å²) in [6, 6.07) is 13.7. The predicted octanol–water partition coefficient (Wildman–Crippen LogP) is 4.69. The predicted molar refractivity (Wildman–Crippen MR) is 110 cm³/mol. The molecule has 8 heteroatoms. The van der Waals surface area contributed by atoms with Crippen molar-refractivity contribution in [3.8, 4) is 11.5 Å². The SMILES string of the molecule is COc1ccc(CN(c2cccc(F)c2)S(=O)(=O)c2ccc(F)cc2C)cc1OC. The van der Waals surface area contributed by atoms with E-state index in [1.807, 2.05) is 0 Å². The molecule has 30 heavy (non-hydrogen) atoms. The summed E-state index contributed by atoms with van der Waals surface area (Å²) in [4.78, 5) is -0.0614. The molecule has 3 rings (SSSR count). The molecular formula is C22H21F2NO4S. The third-order valence-electron chi connectivity index (χ3n) is 4.58. The number of hydrogen-bond donors (Lipinski definition) is 0. The van der Waals surface area contributed by atoms with E-state index in [0.29, 0.717) is 17.1 Å². The van der Waals surface area contributed by atoms with E-state index in [-0.39, 0.29) is 22.7 Å². The zero-order valence-electron chi connectivity index (χ0n) is 16.7. The highest BCUT2D eigenvalue weighted by molar-refractivity contribution is 7.92. The highest BCUT2D eigenvalue weighted by Gasteiger charge is 2.27. The van der Waals surface area contributed by atoms with Crippen LogP contribution in [0.4, 0.5) is 14.5 Å². The van der Waals surface area contributed by atoms with Gasteiger partial charge in [0, 0.05) is 0 Å². The van der Waals surface area contributed by atoms with Crippen LogP contribution in [-0.2, 0) is 16.6 Å². The number of methoxy groups -OCH3 is 2. The van der Waals surface area contributed by atoms with Gasteiger partial charge in [0.25, 0.3) is 10.0 Å². The molecule has 0 aromatic heterocycles. The van der Waals surface area contributed by atoms with E-state index in [2.05, 4.69) is 0 Å². The molecule has 0 amide bonds. The fourth-order valence-corrected chi connectivity index (χ4v) is 4.77. The molecule has 0 unspecified atom stereocenters. The second-order valence-corrected chi connectivity index (χ2v) is 8.42. The van der Waals surface area contributed by atoms with Crippen LogP contribution in [0.5, 0.6) is 11.5 Å². The normalized spacial score (nSPS) is 11.2. The van der Waals surface area contributed by atoms with Crippen LogP contribution in [0.3, 0.4) is 0 Å². The first-order chi connectivity index (χ1) is 14.3. The van der Waals surface area contributed by atoms with Crippen LogP contribution in [0.15, 0.2) is 65.6 Å². The first kappa shape index (κ1) is 21.6. The molecule has 0 saturated heterocycles. The first-order valence-corrected chi connectivity index (χ1v) is 10.5. The molecule has 0 spiro atoms. The van der Waals surface area contributed by atoms with Crippen molar-refractivity contribution < 1.29 is 26.7 Å². The van der Waals surface area contributed by atoms with Gasteiger partial charge in [0.2, 0.25) is 0 Å². The minimum absolute atomic E-state index is 0.0614. The summed E-state index contributed by atoms with van der Waals surface area (Å²) < 4.78 is 66.0. The molecule has 158 valence electrons. The first-order valence-electron chi connectivity index (χ1n) is 9.01. The van der Waals surface area contributed by atoms with Gasteiger partial charge >= 0.3 is 0 Å². The summed E-state index contributed by atoms with van der Waals surface area (Å²) in [6.07, 6.45) is 0. The van der Waals surface area contributed by atoms with Crippen LogP contribution >= 0.6 is 0 Å². The molecule has 0 atom stereocenters. The van der Waals surface area contributed by atoms with Gasteiger partial charge < -0.3 is 9.47 Å². The summed E-state index contributed by atoms with van der Waals surface area (Å²) in [7, 11) is -1.15. The maximum atomic E-state index is 13.9. The van der Waals surface area contributed by atoms with Crippen molar-refractivity contribution in [3.63, 3.8) is 0 Å². The second-order valence-electron chi connectivity index (χ2n) is 6.59. The molecule has 0 radical (unpaired) electrons. The second kappa shape index (κ2) is 8.71. The van der Waals surface area contributed by atoms with Crippen molar-refractivity contribution in [1.29, 1.82) is 0 Å². The van der Waals surface area contributed by atoms with Gasteiger partial charge in [-0.1, -0.05) is 12.1 Å². The Morgan fingerprint density at radius 3 is 2.20 bits per heavy atom. The van der Waals surface area contributed by atoms with Crippen LogP contribution in [-0.4, -0.2) is 22.6 Å². The number of ether oxygens (including phenoxy) is 2. The molecule has 0 aliphatic carbocycles. The van der Waals surface area contributed by atoms with E-state index in [4.69, 9.17) is 9.47 Å². The number of anilines is 1. The quantitative estimate of drug-likeness (QED) is 0.543. The fourth-order valence-electron chi connectivity index (χ4n) is 3.11. The lowest BCUT2D eigenvalue weighted by atomic mass is 10.2. The number of nitrogens with zero attached hydrogens (tertiary/aromatic N) is 1. The van der Waals surface area contributed by atoms with Gasteiger partial charge in [-0.25, -0.2) is 17.2 Å². The number of sulfonamides is 1. The van der Waals surface area contributed by atoms with Gasteiger partial charge in [-0.15, -0.1) is 0 Å². The average Bonchev–Trinajstić information content (AvgIpc) is 2.71. The Morgan fingerprint density at radius 2 is 1.57 bits per heavy atom. The van der Waals surface area contributed by atoms with Gasteiger partial charge in [0.1, 0.15) is 11.6 Å². The minimum atomic E-state index is -4.12. The lowest BCUT2D eigenvalue weighted by Crippen LogP contribution is -2.31. The van der Waals surface area contributed by atoms with Crippen molar-refractivity contribution in [2.24, 2.45) is 0 Å². The summed E-state index contributed by atoms with van der Waals surface area (Å²) in [5.41, 5.74) is 0.998. The van der Waals surface area contributed by atoms with E-state index in [9.17, 15) is 17.2 Å². The maximum absolute atomic E-state index is 13.9. The zero-order valence-corrected chi connectivity index (χ0v) is 17.5. The summed E-state index contributed by atoms with van der Waals surface area (Å²) in [5, 5.41) is 0. The van der Waals surface area contributed by atoms with E-state index in [0.717, 1.165) is 22.5 Å². The Bertz CT molecular complexity index is 1170. The van der Waals surface area contributed by atoms with Crippen LogP contribution in [0, 0.1) is 18.6 Å². The Balaban J connectivity index is 2.12. The lowest BCUT2D eigenvalue weighted by Gasteiger charge is -2.26. The number of benzene rings is 3. The average molecular weight is 433 g/mol. The molecule has 3 aromatic rings. The van der Waals surface area contributed by atoms with E-state index < -0.39 is 21.7 Å². The van der Waals surface area contributed by atoms with Crippen molar-refractivity contribution in [2.75, 3.05) is 18.5 Å². The highest BCUT2D eigenvalue weighted by Crippen LogP contribution is 2.32. The Morgan fingerprint density at radius 1 is 0.867 bits per heavy atom. The molecule has 0 saturated carbocycles. The number of halogens is 2. The van der Waals surface area contributed by atoms with Gasteiger partial charge in [-0.2, -0.15) is 0 Å². The van der Waals surface area contributed by atoms with Gasteiger partial charge in [-0.05, 0) is 66.6 Å². The van der Waals surface area contributed by atoms with Crippen LogP contribution in [0.2, 0.25) is 0 Å². The zero-order chi connectivity index (χ0) is 21.9. The van der Waals surface area contributed by atoms with Gasteiger partial charge in [-0.3, -0.25) is 4.31 Å². The number of hydrogen-bond acceptors (Lipinski definition) is 4. The fraction of sp³-hybridized carbons (Fsp3) is 0.182. The molecule has 3 aromatic carbocycles. The van der Waals surface area contributed by atoms with Gasteiger partial charge in [0.05, 0.1) is 31.3 Å². The molecule has 0 N–H and O–H groups in total. The standard InChI is InChI=1S/C22H21F2NO4S/c1-15-11-18(24)8-10-22(15)30(26,27)25(19-6-4-5-17(23)13-19)14-16-7-9-20(28-2)21(12-16)29-3/h4-13H,14H2,1-3H3. The third kappa shape index (κ3) is 4.38. The molecule has 0 aliphatic heterocycles. The Labute approximate surface area is 174 Å². The van der Waals surface area contributed by atoms with Crippen LogP contribution in [0.1, 0.15) is 11.1 Å².